The molecule has 0 spiro atoms. The predicted molar refractivity (Wildman–Crippen MR) is 128 cm³/mol. The van der Waals surface area contributed by atoms with Crippen LogP contribution in [0.4, 0.5) is 5.69 Å². The molecule has 0 aliphatic rings. The quantitative estimate of drug-likeness (QED) is 0.381. The molecule has 0 fully saturated rings. The summed E-state index contributed by atoms with van der Waals surface area (Å²) in [6, 6.07) is 9.87. The van der Waals surface area contributed by atoms with Gasteiger partial charge < -0.3 is 9.47 Å². The van der Waals surface area contributed by atoms with Crippen LogP contribution in [0.5, 0.6) is 0 Å². The summed E-state index contributed by atoms with van der Waals surface area (Å²) < 4.78 is 5.40. The minimum Gasteiger partial charge on any atom is -0.376 e. The summed E-state index contributed by atoms with van der Waals surface area (Å²) in [5.74, 6) is 0. The summed E-state index contributed by atoms with van der Waals surface area (Å²) >= 11 is 0. The molecule has 33 heavy (non-hydrogen) atoms. The van der Waals surface area contributed by atoms with Gasteiger partial charge in [0.05, 0.1) is 17.4 Å². The summed E-state index contributed by atoms with van der Waals surface area (Å²) in [5.41, 5.74) is 5.59. The van der Waals surface area contributed by atoms with Gasteiger partial charge in [-0.25, -0.2) is 19.3 Å². The van der Waals surface area contributed by atoms with E-state index in [4.69, 9.17) is 0 Å². The smallest absolute Gasteiger partial charge is 0.180 e. The Morgan fingerprint density at radius 3 is 2.33 bits per heavy atom. The highest BCUT2D eigenvalue weighted by Crippen LogP contribution is 2.19. The number of aromatic nitrogens is 10. The van der Waals surface area contributed by atoms with Crippen molar-refractivity contribution in [1.82, 2.24) is 49.5 Å². The van der Waals surface area contributed by atoms with Crippen LogP contribution in [0, 0.1) is 0 Å². The lowest BCUT2D eigenvalue weighted by Gasteiger charge is -2.11. The van der Waals surface area contributed by atoms with E-state index in [1.165, 1.54) is 5.39 Å². The third kappa shape index (κ3) is 4.61. The van der Waals surface area contributed by atoms with Crippen LogP contribution in [0.25, 0.3) is 33.2 Å². The van der Waals surface area contributed by atoms with Gasteiger partial charge in [-0.2, -0.15) is 0 Å². The maximum absolute atomic E-state index is 4.20. The number of anilines is 1. The van der Waals surface area contributed by atoms with Gasteiger partial charge in [0, 0.05) is 65.4 Å². The molecule has 0 saturated heterocycles. The lowest BCUT2D eigenvalue weighted by Crippen LogP contribution is -2.09. The summed E-state index contributed by atoms with van der Waals surface area (Å²) in [4.78, 5) is 14.3. The summed E-state index contributed by atoms with van der Waals surface area (Å²) in [6.45, 7) is 0. The molecule has 6 aromatic rings. The zero-order valence-electron chi connectivity index (χ0n) is 19.2. The number of nitrogens with zero attached hydrogens (tertiary/aromatic N) is 11. The molecule has 11 heteroatoms. The van der Waals surface area contributed by atoms with E-state index in [0.717, 1.165) is 33.5 Å². The Kier molecular flexibility index (Phi) is 6.20. The monoisotopic (exact) mass is 443 g/mol. The highest BCUT2D eigenvalue weighted by molar-refractivity contribution is 5.84. The Morgan fingerprint density at radius 1 is 0.788 bits per heavy atom. The van der Waals surface area contributed by atoms with E-state index < -0.39 is 0 Å². The van der Waals surface area contributed by atoms with Gasteiger partial charge >= 0.3 is 0 Å². The van der Waals surface area contributed by atoms with Crippen LogP contribution in [-0.2, 0) is 21.1 Å². The normalized spacial score (nSPS) is 10.6. The van der Waals surface area contributed by atoms with Crippen LogP contribution in [0.2, 0.25) is 0 Å². The molecule has 11 nitrogen and oxygen atoms in total. The van der Waals surface area contributed by atoms with Gasteiger partial charge in [0.15, 0.2) is 11.2 Å². The van der Waals surface area contributed by atoms with E-state index in [1.807, 2.05) is 75.3 Å². The Hall–Kier alpha value is -4.41. The number of aryl methyl sites for hydroxylation is 3. The molecule has 6 rings (SSSR count). The lowest BCUT2D eigenvalue weighted by atomic mass is 10.3. The first kappa shape index (κ1) is 21.8. The zero-order valence-corrected chi connectivity index (χ0v) is 19.2. The zero-order chi connectivity index (χ0) is 23.4. The molecule has 0 bridgehead atoms. The summed E-state index contributed by atoms with van der Waals surface area (Å²) in [5, 5.41) is 16.9. The molecule has 0 aromatic carbocycles. The minimum absolute atomic E-state index is 0.811. The third-order valence-electron chi connectivity index (χ3n) is 4.99. The molecular formula is C22H25N11. The highest BCUT2D eigenvalue weighted by atomic mass is 15.4. The predicted octanol–water partition coefficient (Wildman–Crippen LogP) is 2.37. The Morgan fingerprint density at radius 2 is 1.58 bits per heavy atom. The fourth-order valence-electron chi connectivity index (χ4n) is 3.27. The van der Waals surface area contributed by atoms with Gasteiger partial charge in [0.1, 0.15) is 11.2 Å². The lowest BCUT2D eigenvalue weighted by molar-refractivity contribution is 0.730. The van der Waals surface area contributed by atoms with Gasteiger partial charge in [-0.3, -0.25) is 4.98 Å². The van der Waals surface area contributed by atoms with E-state index >= 15 is 0 Å². The van der Waals surface area contributed by atoms with Gasteiger partial charge in [0.25, 0.3) is 0 Å². The molecule has 0 radical (unpaired) electrons. The number of hydrogen-bond donors (Lipinski definition) is 0. The van der Waals surface area contributed by atoms with Crippen molar-refractivity contribution in [2.75, 3.05) is 19.0 Å². The van der Waals surface area contributed by atoms with Crippen molar-refractivity contribution in [2.24, 2.45) is 21.1 Å². The largest absolute Gasteiger partial charge is 0.376 e. The molecule has 0 amide bonds. The molecule has 6 heterocycles. The fraction of sp³-hybridized carbons (Fsp3) is 0.227. The first-order valence-corrected chi connectivity index (χ1v) is 10.2. The molecule has 0 saturated carbocycles. The fourth-order valence-corrected chi connectivity index (χ4v) is 3.27. The first-order valence-electron chi connectivity index (χ1n) is 10.2. The number of rotatable bonds is 1. The first-order chi connectivity index (χ1) is 16.0. The second-order valence-corrected chi connectivity index (χ2v) is 7.53. The Bertz CT molecular complexity index is 1420. The Labute approximate surface area is 190 Å². The van der Waals surface area contributed by atoms with E-state index in [0.29, 0.717) is 0 Å². The van der Waals surface area contributed by atoms with Crippen molar-refractivity contribution in [3.05, 3.63) is 61.3 Å². The van der Waals surface area contributed by atoms with Crippen molar-refractivity contribution in [3.8, 4) is 0 Å². The molecule has 0 aliphatic heterocycles. The van der Waals surface area contributed by atoms with E-state index in [1.54, 1.807) is 28.0 Å². The SMILES string of the molecule is CN(C)c1ccnc2c1nnn2C.Cn1ccc2cccnc21.Cn1nnc2cnccc21. The summed E-state index contributed by atoms with van der Waals surface area (Å²) in [7, 11) is 9.64. The average molecular weight is 444 g/mol. The van der Waals surface area contributed by atoms with Crippen LogP contribution < -0.4 is 4.90 Å². The third-order valence-corrected chi connectivity index (χ3v) is 4.99. The van der Waals surface area contributed by atoms with Gasteiger partial charge in [-0.15, -0.1) is 10.2 Å². The molecule has 0 N–H and O–H groups in total. The molecular weight excluding hydrogens is 418 g/mol. The van der Waals surface area contributed by atoms with Gasteiger partial charge in [0.2, 0.25) is 0 Å². The van der Waals surface area contributed by atoms with Crippen LogP contribution in [-0.4, -0.2) is 63.6 Å². The number of pyridine rings is 3. The maximum atomic E-state index is 4.20. The van der Waals surface area contributed by atoms with Crippen molar-refractivity contribution >= 4 is 38.9 Å². The maximum Gasteiger partial charge on any atom is 0.180 e. The second kappa shape index (κ2) is 9.39. The van der Waals surface area contributed by atoms with Gasteiger partial charge in [-0.1, -0.05) is 10.4 Å². The van der Waals surface area contributed by atoms with Gasteiger partial charge in [-0.05, 0) is 30.3 Å². The average Bonchev–Trinajstić information content (AvgIpc) is 3.53. The summed E-state index contributed by atoms with van der Waals surface area (Å²) in [6.07, 6.45) is 9.01. The molecule has 0 unspecified atom stereocenters. The van der Waals surface area contributed by atoms with Crippen LogP contribution >= 0.6 is 0 Å². The Balaban J connectivity index is 0.000000119. The van der Waals surface area contributed by atoms with Crippen molar-refractivity contribution < 1.29 is 0 Å². The van der Waals surface area contributed by atoms with Crippen molar-refractivity contribution in [1.29, 1.82) is 0 Å². The second-order valence-electron chi connectivity index (χ2n) is 7.53. The number of fused-ring (bicyclic) bond motifs is 3. The molecule has 168 valence electrons. The topological polar surface area (TPSA) is 108 Å². The molecule has 0 aliphatic carbocycles. The molecule has 6 aromatic heterocycles. The van der Waals surface area contributed by atoms with E-state index in [9.17, 15) is 0 Å². The molecule has 0 atom stereocenters. The van der Waals surface area contributed by atoms with Crippen molar-refractivity contribution in [2.45, 2.75) is 0 Å². The van der Waals surface area contributed by atoms with E-state index in [2.05, 4.69) is 47.7 Å². The van der Waals surface area contributed by atoms with Crippen LogP contribution in [0.15, 0.2) is 61.3 Å². The van der Waals surface area contributed by atoms with E-state index in [-0.39, 0.29) is 0 Å². The minimum atomic E-state index is 0.811. The standard InChI is InChI=1S/C8H11N5.C8H8N2.C6H6N4/c1-12(2)6-4-5-9-8-7(6)10-11-13(8)3;1-10-6-4-7-3-2-5-9-8(7)10;1-10-6-2-3-7-4-5(6)8-9-10/h4-5H,1-3H3;2-6H,1H3;2-4H,1H3. The van der Waals surface area contributed by atoms with Crippen LogP contribution in [0.1, 0.15) is 0 Å². The van der Waals surface area contributed by atoms with Crippen LogP contribution in [0.3, 0.4) is 0 Å². The van der Waals surface area contributed by atoms with Crippen molar-refractivity contribution in [3.63, 3.8) is 0 Å². The highest BCUT2D eigenvalue weighted by Gasteiger charge is 2.08. The number of hydrogen-bond acceptors (Lipinski definition) is 8.